The average Bonchev–Trinajstić information content (AvgIpc) is 2.17. The Bertz CT molecular complexity index is 133. The lowest BCUT2D eigenvalue weighted by Gasteiger charge is -2.13. The number of hydrogen-bond donors (Lipinski definition) is 0. The van der Waals surface area contributed by atoms with Crippen LogP contribution in [-0.4, -0.2) is 36.3 Å². The molecule has 0 amide bonds. The molecule has 0 saturated heterocycles. The smallest absolute Gasteiger partial charge is 0.139 e. The SMILES string of the molecule is CN1C=CN(CC=O)C1. The normalized spacial score (nSPS) is 17.0. The molecule has 0 unspecified atom stereocenters. The van der Waals surface area contributed by atoms with Crippen molar-refractivity contribution in [2.24, 2.45) is 0 Å². The Hall–Kier alpha value is -0.990. The molecule has 1 heterocycles. The summed E-state index contributed by atoms with van der Waals surface area (Å²) in [5.74, 6) is 0. The summed E-state index contributed by atoms with van der Waals surface area (Å²) in [6, 6.07) is 0. The first-order valence-electron chi connectivity index (χ1n) is 2.89. The lowest BCUT2D eigenvalue weighted by molar-refractivity contribution is -0.108. The molecule has 0 aromatic carbocycles. The van der Waals surface area contributed by atoms with E-state index in [4.69, 9.17) is 0 Å². The molecule has 3 heteroatoms. The first kappa shape index (κ1) is 6.13. The Morgan fingerprint density at radius 3 is 2.89 bits per heavy atom. The maximum absolute atomic E-state index is 9.97. The highest BCUT2D eigenvalue weighted by molar-refractivity contribution is 5.52. The molecule has 1 aliphatic heterocycles. The van der Waals surface area contributed by atoms with Gasteiger partial charge >= 0.3 is 0 Å². The summed E-state index contributed by atoms with van der Waals surface area (Å²) in [7, 11) is 1.97. The minimum atomic E-state index is 0.501. The number of nitrogens with zero attached hydrogens (tertiary/aromatic N) is 2. The highest BCUT2D eigenvalue weighted by Gasteiger charge is 2.05. The van der Waals surface area contributed by atoms with Crippen LogP contribution in [0.5, 0.6) is 0 Å². The van der Waals surface area contributed by atoms with Crippen molar-refractivity contribution in [1.29, 1.82) is 0 Å². The van der Waals surface area contributed by atoms with Crippen molar-refractivity contribution in [3.05, 3.63) is 12.4 Å². The van der Waals surface area contributed by atoms with E-state index in [1.54, 1.807) is 0 Å². The van der Waals surface area contributed by atoms with E-state index in [9.17, 15) is 4.79 Å². The van der Waals surface area contributed by atoms with Crippen molar-refractivity contribution in [2.45, 2.75) is 0 Å². The maximum Gasteiger partial charge on any atom is 0.139 e. The molecule has 9 heavy (non-hydrogen) atoms. The highest BCUT2D eigenvalue weighted by atomic mass is 16.1. The Kier molecular flexibility index (Phi) is 1.72. The molecule has 0 aromatic heterocycles. The summed E-state index contributed by atoms with van der Waals surface area (Å²) in [6.07, 6.45) is 4.77. The van der Waals surface area contributed by atoms with E-state index in [1.807, 2.05) is 29.2 Å². The van der Waals surface area contributed by atoms with Crippen LogP contribution in [0.2, 0.25) is 0 Å². The van der Waals surface area contributed by atoms with E-state index >= 15 is 0 Å². The van der Waals surface area contributed by atoms with Crippen LogP contribution in [0.3, 0.4) is 0 Å². The second kappa shape index (κ2) is 2.53. The second-order valence-corrected chi connectivity index (χ2v) is 2.13. The van der Waals surface area contributed by atoms with Crippen molar-refractivity contribution in [3.63, 3.8) is 0 Å². The van der Waals surface area contributed by atoms with E-state index in [2.05, 4.69) is 0 Å². The predicted molar refractivity (Wildman–Crippen MR) is 34.5 cm³/mol. The summed E-state index contributed by atoms with van der Waals surface area (Å²) in [5, 5.41) is 0. The molecule has 0 atom stereocenters. The lowest BCUT2D eigenvalue weighted by atomic mass is 10.6. The second-order valence-electron chi connectivity index (χ2n) is 2.13. The van der Waals surface area contributed by atoms with Crippen LogP contribution in [0.25, 0.3) is 0 Å². The van der Waals surface area contributed by atoms with Crippen molar-refractivity contribution in [3.8, 4) is 0 Å². The standard InChI is InChI=1S/C6H10N2O/c1-7-2-3-8(6-7)4-5-9/h2-3,5H,4,6H2,1H3. The molecular weight excluding hydrogens is 116 g/mol. The van der Waals surface area contributed by atoms with Gasteiger partial charge in [0.05, 0.1) is 13.2 Å². The number of hydrogen-bond acceptors (Lipinski definition) is 3. The Labute approximate surface area is 54.5 Å². The Morgan fingerprint density at radius 1 is 1.67 bits per heavy atom. The van der Waals surface area contributed by atoms with Crippen LogP contribution in [0.1, 0.15) is 0 Å². The maximum atomic E-state index is 9.97. The molecule has 0 aliphatic carbocycles. The Balaban J connectivity index is 2.31. The molecule has 1 rings (SSSR count). The molecule has 3 nitrogen and oxygen atoms in total. The summed E-state index contributed by atoms with van der Waals surface area (Å²) in [4.78, 5) is 13.9. The van der Waals surface area contributed by atoms with Crippen molar-refractivity contribution < 1.29 is 4.79 Å². The molecule has 0 saturated carbocycles. The first-order chi connectivity index (χ1) is 4.33. The summed E-state index contributed by atoms with van der Waals surface area (Å²) >= 11 is 0. The molecular formula is C6H10N2O. The van der Waals surface area contributed by atoms with Gasteiger partial charge in [-0.2, -0.15) is 0 Å². The van der Waals surface area contributed by atoms with Gasteiger partial charge in [0, 0.05) is 19.4 Å². The molecule has 0 radical (unpaired) electrons. The summed E-state index contributed by atoms with van der Waals surface area (Å²) in [5.41, 5.74) is 0. The molecule has 1 aliphatic rings. The van der Waals surface area contributed by atoms with Crippen LogP contribution in [0.4, 0.5) is 0 Å². The van der Waals surface area contributed by atoms with Crippen LogP contribution in [0, 0.1) is 0 Å². The molecule has 0 N–H and O–H groups in total. The highest BCUT2D eigenvalue weighted by Crippen LogP contribution is 2.00. The largest absolute Gasteiger partial charge is 0.362 e. The molecule has 0 bridgehead atoms. The third-order valence-electron chi connectivity index (χ3n) is 1.25. The monoisotopic (exact) mass is 126 g/mol. The lowest BCUT2D eigenvalue weighted by Crippen LogP contribution is -2.23. The zero-order valence-corrected chi connectivity index (χ0v) is 5.45. The van der Waals surface area contributed by atoms with Gasteiger partial charge in [0.1, 0.15) is 6.29 Å². The predicted octanol–water partition coefficient (Wildman–Crippen LogP) is -0.139. The van der Waals surface area contributed by atoms with Gasteiger partial charge in [-0.05, 0) is 0 Å². The van der Waals surface area contributed by atoms with E-state index < -0.39 is 0 Å². The van der Waals surface area contributed by atoms with Crippen molar-refractivity contribution in [1.82, 2.24) is 9.80 Å². The van der Waals surface area contributed by atoms with Crippen molar-refractivity contribution in [2.75, 3.05) is 20.3 Å². The van der Waals surface area contributed by atoms with Gasteiger partial charge in [-0.1, -0.05) is 0 Å². The Morgan fingerprint density at radius 2 is 2.44 bits per heavy atom. The fraction of sp³-hybridized carbons (Fsp3) is 0.500. The zero-order chi connectivity index (χ0) is 6.69. The van der Waals surface area contributed by atoms with Gasteiger partial charge in [0.15, 0.2) is 0 Å². The van der Waals surface area contributed by atoms with Crippen LogP contribution in [0.15, 0.2) is 12.4 Å². The third kappa shape index (κ3) is 1.45. The summed E-state index contributed by atoms with van der Waals surface area (Å²) < 4.78 is 0. The van der Waals surface area contributed by atoms with E-state index in [0.29, 0.717) is 6.54 Å². The topological polar surface area (TPSA) is 23.6 Å². The van der Waals surface area contributed by atoms with E-state index in [-0.39, 0.29) is 0 Å². The minimum Gasteiger partial charge on any atom is -0.362 e. The zero-order valence-electron chi connectivity index (χ0n) is 5.45. The summed E-state index contributed by atoms with van der Waals surface area (Å²) in [6.45, 7) is 1.33. The fourth-order valence-corrected chi connectivity index (χ4v) is 0.803. The minimum absolute atomic E-state index is 0.501. The van der Waals surface area contributed by atoms with Gasteiger partial charge in [-0.25, -0.2) is 0 Å². The third-order valence-corrected chi connectivity index (χ3v) is 1.25. The van der Waals surface area contributed by atoms with Gasteiger partial charge in [0.2, 0.25) is 0 Å². The first-order valence-corrected chi connectivity index (χ1v) is 2.89. The van der Waals surface area contributed by atoms with Crippen LogP contribution >= 0.6 is 0 Å². The fourth-order valence-electron chi connectivity index (χ4n) is 0.803. The van der Waals surface area contributed by atoms with E-state index in [0.717, 1.165) is 13.0 Å². The van der Waals surface area contributed by atoms with E-state index in [1.165, 1.54) is 0 Å². The van der Waals surface area contributed by atoms with Crippen molar-refractivity contribution >= 4 is 6.29 Å². The van der Waals surface area contributed by atoms with Gasteiger partial charge in [-0.3, -0.25) is 0 Å². The molecule has 50 valence electrons. The van der Waals surface area contributed by atoms with Gasteiger partial charge in [0.25, 0.3) is 0 Å². The van der Waals surface area contributed by atoms with Gasteiger partial charge in [-0.15, -0.1) is 0 Å². The molecule has 0 fully saturated rings. The number of carbonyl (C=O) groups excluding carboxylic acids is 1. The number of aldehydes is 1. The quantitative estimate of drug-likeness (QED) is 0.481. The van der Waals surface area contributed by atoms with Crippen LogP contribution < -0.4 is 0 Å². The molecule has 0 aromatic rings. The van der Waals surface area contributed by atoms with Gasteiger partial charge < -0.3 is 14.6 Å². The number of rotatable bonds is 2. The number of carbonyl (C=O) groups is 1. The molecule has 0 spiro atoms. The van der Waals surface area contributed by atoms with Crippen LogP contribution in [-0.2, 0) is 4.79 Å². The average molecular weight is 126 g/mol.